The average molecular weight is 692 g/mol. The molecule has 0 bridgehead atoms. The number of aromatic nitrogens is 4. The number of hydrogen-bond donors (Lipinski definition) is 0. The molecule has 0 unspecified atom stereocenters. The van der Waals surface area contributed by atoms with Crippen molar-refractivity contribution >= 4 is 84.8 Å². The molecular formula is C45H26N4S2. The van der Waals surface area contributed by atoms with Gasteiger partial charge in [-0.2, -0.15) is 0 Å². The Labute approximate surface area is 307 Å². The van der Waals surface area contributed by atoms with E-state index < -0.39 is 18.1 Å². The lowest BCUT2D eigenvalue weighted by Crippen LogP contribution is -2.00. The molecule has 6 heteroatoms. The molecule has 0 amide bonds. The molecule has 0 saturated heterocycles. The van der Waals surface area contributed by atoms with Crippen molar-refractivity contribution in [2.24, 2.45) is 0 Å². The Morgan fingerprint density at radius 2 is 0.922 bits per heavy atom. The van der Waals surface area contributed by atoms with Crippen LogP contribution in [-0.4, -0.2) is 19.5 Å². The first-order valence-electron chi connectivity index (χ1n) is 19.0. The Kier molecular flexibility index (Phi) is 5.25. The highest BCUT2D eigenvalue weighted by Gasteiger charge is 2.17. The number of fused-ring (bicyclic) bond motifs is 9. The molecule has 4 aromatic heterocycles. The summed E-state index contributed by atoms with van der Waals surface area (Å²) in [5.41, 5.74) is 4.79. The Morgan fingerprint density at radius 1 is 0.412 bits per heavy atom. The summed E-state index contributed by atoms with van der Waals surface area (Å²) in [5.74, 6) is 0.715. The van der Waals surface area contributed by atoms with Crippen molar-refractivity contribution in [2.75, 3.05) is 0 Å². The predicted octanol–water partition coefficient (Wildman–Crippen LogP) is 12.7. The molecule has 0 aliphatic carbocycles. The second kappa shape index (κ2) is 11.2. The minimum atomic E-state index is -0.468. The zero-order valence-electron chi connectivity index (χ0n) is 31.7. The standard InChI is InChI=1S/C45H26N4S2/c1-2-10-27(11-3-1)43-46-44(28-18-21-34-33-14-6-9-17-39(33)50-41(34)24-28)48-45(47-43)29-19-22-35-36-26-30(20-23-40(36)51-42(35)25-29)49-37-15-7-4-12-31(37)32-13-5-8-16-38(32)49/h1-26H/i1D,2D,3D,10D,11D. The van der Waals surface area contributed by atoms with E-state index in [9.17, 15) is 0 Å². The molecule has 11 aromatic rings. The molecule has 4 nitrogen and oxygen atoms in total. The van der Waals surface area contributed by atoms with Gasteiger partial charge >= 0.3 is 0 Å². The lowest BCUT2D eigenvalue weighted by Gasteiger charge is -2.09. The molecule has 0 aliphatic rings. The largest absolute Gasteiger partial charge is 0.309 e. The quantitative estimate of drug-likeness (QED) is 0.184. The van der Waals surface area contributed by atoms with Gasteiger partial charge in [0.25, 0.3) is 0 Å². The highest BCUT2D eigenvalue weighted by Crippen LogP contribution is 2.40. The van der Waals surface area contributed by atoms with Gasteiger partial charge in [-0.3, -0.25) is 0 Å². The molecule has 0 N–H and O–H groups in total. The molecule has 238 valence electrons. The van der Waals surface area contributed by atoms with Crippen molar-refractivity contribution in [1.29, 1.82) is 0 Å². The van der Waals surface area contributed by atoms with Crippen LogP contribution >= 0.6 is 22.7 Å². The molecule has 0 fully saturated rings. The maximum Gasteiger partial charge on any atom is 0.164 e. The minimum Gasteiger partial charge on any atom is -0.309 e. The van der Waals surface area contributed by atoms with Gasteiger partial charge in [0.15, 0.2) is 17.5 Å². The molecule has 11 rings (SSSR count). The minimum absolute atomic E-state index is 0.0192. The van der Waals surface area contributed by atoms with Crippen molar-refractivity contribution in [1.82, 2.24) is 19.5 Å². The van der Waals surface area contributed by atoms with E-state index in [1.165, 1.54) is 20.9 Å². The molecule has 0 aliphatic heterocycles. The number of hydrogen-bond acceptors (Lipinski definition) is 5. The first-order valence-corrected chi connectivity index (χ1v) is 18.2. The Morgan fingerprint density at radius 3 is 1.57 bits per heavy atom. The lowest BCUT2D eigenvalue weighted by atomic mass is 10.1. The highest BCUT2D eigenvalue weighted by molar-refractivity contribution is 7.26. The molecule has 0 radical (unpaired) electrons. The van der Waals surface area contributed by atoms with Gasteiger partial charge in [0.05, 0.1) is 17.9 Å². The van der Waals surface area contributed by atoms with E-state index in [4.69, 9.17) is 21.8 Å². The number of rotatable bonds is 4. The summed E-state index contributed by atoms with van der Waals surface area (Å²) in [7, 11) is 0. The van der Waals surface area contributed by atoms with E-state index in [1.54, 1.807) is 22.7 Å². The number of para-hydroxylation sites is 2. The fourth-order valence-corrected chi connectivity index (χ4v) is 9.49. The van der Waals surface area contributed by atoms with E-state index >= 15 is 0 Å². The molecule has 0 spiro atoms. The van der Waals surface area contributed by atoms with Gasteiger partial charge in [0, 0.05) is 73.5 Å². The van der Waals surface area contributed by atoms with Crippen molar-refractivity contribution in [2.45, 2.75) is 0 Å². The van der Waals surface area contributed by atoms with Crippen LogP contribution in [-0.2, 0) is 0 Å². The van der Waals surface area contributed by atoms with E-state index in [0.29, 0.717) is 11.6 Å². The Bertz CT molecular complexity index is 3380. The smallest absolute Gasteiger partial charge is 0.164 e. The van der Waals surface area contributed by atoms with Crippen LogP contribution in [0.3, 0.4) is 0 Å². The third-order valence-electron chi connectivity index (χ3n) is 9.55. The summed E-state index contributed by atoms with van der Waals surface area (Å²) in [6.45, 7) is 0. The van der Waals surface area contributed by atoms with E-state index in [2.05, 4.69) is 108 Å². The molecule has 4 heterocycles. The van der Waals surface area contributed by atoms with E-state index in [1.807, 2.05) is 24.3 Å². The topological polar surface area (TPSA) is 43.6 Å². The highest BCUT2D eigenvalue weighted by atomic mass is 32.1. The van der Waals surface area contributed by atoms with Gasteiger partial charge in [-0.15, -0.1) is 22.7 Å². The third-order valence-corrected chi connectivity index (χ3v) is 11.8. The number of thiophene rings is 2. The fraction of sp³-hybridized carbons (Fsp3) is 0. The second-order valence-corrected chi connectivity index (χ2v) is 14.6. The van der Waals surface area contributed by atoms with Gasteiger partial charge in [0.1, 0.15) is 0 Å². The summed E-state index contributed by atoms with van der Waals surface area (Å²) >= 11 is 3.37. The zero-order chi connectivity index (χ0) is 37.8. The molecule has 0 atom stereocenters. The first-order chi connectivity index (χ1) is 27.3. The van der Waals surface area contributed by atoms with E-state index in [-0.39, 0.29) is 23.5 Å². The summed E-state index contributed by atoms with van der Waals surface area (Å²) < 4.78 is 49.2. The maximum atomic E-state index is 8.75. The summed E-state index contributed by atoms with van der Waals surface area (Å²) in [4.78, 5) is 14.6. The van der Waals surface area contributed by atoms with Gasteiger partial charge in [-0.1, -0.05) is 109 Å². The van der Waals surface area contributed by atoms with Crippen molar-refractivity contribution in [3.05, 3.63) is 158 Å². The summed E-state index contributed by atoms with van der Waals surface area (Å²) in [5, 5.41) is 6.98. The van der Waals surface area contributed by atoms with Gasteiger partial charge in [-0.25, -0.2) is 15.0 Å². The van der Waals surface area contributed by atoms with Crippen LogP contribution in [0, 0.1) is 0 Å². The van der Waals surface area contributed by atoms with Crippen LogP contribution in [0.4, 0.5) is 0 Å². The SMILES string of the molecule is [2H]c1c([2H])c([2H])c(-c2nc(-c3ccc4c(c3)sc3ccccc34)nc(-c3ccc4c(c3)sc3ccc(-n5c6ccccc6c6ccccc65)cc34)n2)c([2H])c1[2H]. The normalized spacial score (nSPS) is 13.3. The number of nitrogens with zero attached hydrogens (tertiary/aromatic N) is 4. The Hall–Kier alpha value is -6.21. The van der Waals surface area contributed by atoms with Crippen LogP contribution < -0.4 is 0 Å². The van der Waals surface area contributed by atoms with E-state index in [0.717, 1.165) is 58.1 Å². The maximum absolute atomic E-state index is 8.75. The summed E-state index contributed by atoms with van der Waals surface area (Å²) in [6, 6.07) is 42.1. The third kappa shape index (κ3) is 4.54. The lowest BCUT2D eigenvalue weighted by molar-refractivity contribution is 1.08. The summed E-state index contributed by atoms with van der Waals surface area (Å²) in [6.07, 6.45) is 0. The van der Waals surface area contributed by atoms with Crippen LogP contribution in [0.15, 0.2) is 158 Å². The van der Waals surface area contributed by atoms with Crippen LogP contribution in [0.25, 0.3) is 102 Å². The molecule has 51 heavy (non-hydrogen) atoms. The Balaban J connectivity index is 1.09. The van der Waals surface area contributed by atoms with Gasteiger partial charge in [0.2, 0.25) is 0 Å². The van der Waals surface area contributed by atoms with Crippen molar-refractivity contribution in [3.8, 4) is 39.9 Å². The van der Waals surface area contributed by atoms with Crippen LogP contribution in [0.1, 0.15) is 6.85 Å². The zero-order valence-corrected chi connectivity index (χ0v) is 28.4. The first kappa shape index (κ1) is 24.0. The second-order valence-electron chi connectivity index (χ2n) is 12.5. The van der Waals surface area contributed by atoms with Crippen molar-refractivity contribution < 1.29 is 6.85 Å². The monoisotopic (exact) mass is 691 g/mol. The van der Waals surface area contributed by atoms with Gasteiger partial charge < -0.3 is 4.57 Å². The fourth-order valence-electron chi connectivity index (χ4n) is 7.22. The molecular weight excluding hydrogens is 661 g/mol. The van der Waals surface area contributed by atoms with Crippen molar-refractivity contribution in [3.63, 3.8) is 0 Å². The van der Waals surface area contributed by atoms with Gasteiger partial charge in [-0.05, 0) is 48.5 Å². The van der Waals surface area contributed by atoms with Crippen LogP contribution in [0.2, 0.25) is 0 Å². The molecule has 0 saturated carbocycles. The molecule has 7 aromatic carbocycles. The predicted molar refractivity (Wildman–Crippen MR) is 216 cm³/mol. The average Bonchev–Trinajstić information content (AvgIpc) is 3.90. The number of benzene rings is 7. The van der Waals surface area contributed by atoms with Crippen LogP contribution in [0.5, 0.6) is 0 Å².